The van der Waals surface area contributed by atoms with Gasteiger partial charge in [-0.25, -0.2) is 4.79 Å². The van der Waals surface area contributed by atoms with Crippen molar-refractivity contribution in [1.82, 2.24) is 4.98 Å². The molecule has 1 heterocycles. The fraction of sp³-hybridized carbons (Fsp3) is 0.185. The molecule has 7 nitrogen and oxygen atoms in total. The molecule has 4 rings (SSSR count). The minimum absolute atomic E-state index is 0.352. The Kier molecular flexibility index (Phi) is 7.45. The molecule has 0 saturated heterocycles. The Hall–Kier alpha value is -4.26. The van der Waals surface area contributed by atoms with Gasteiger partial charge < -0.3 is 18.9 Å². The summed E-state index contributed by atoms with van der Waals surface area (Å²) in [4.78, 5) is 16.5. The van der Waals surface area contributed by atoms with Crippen molar-refractivity contribution >= 4 is 22.7 Å². The molecule has 0 aliphatic carbocycles. The normalized spacial score (nSPS) is 10.5. The monoisotopic (exact) mass is 458 g/mol. The second-order valence-electron chi connectivity index (χ2n) is 7.51. The summed E-state index contributed by atoms with van der Waals surface area (Å²) in [6, 6.07) is 22.6. The minimum atomic E-state index is -0.483. The maximum Gasteiger partial charge on any atom is 0.411 e. The van der Waals surface area contributed by atoms with Crippen LogP contribution in [0.3, 0.4) is 0 Å². The highest BCUT2D eigenvalue weighted by molar-refractivity contribution is 5.88. The van der Waals surface area contributed by atoms with E-state index in [1.165, 1.54) is 5.56 Å². The van der Waals surface area contributed by atoms with Gasteiger partial charge in [0.15, 0.2) is 11.5 Å². The van der Waals surface area contributed by atoms with Crippen LogP contribution in [0.4, 0.5) is 10.5 Å². The van der Waals surface area contributed by atoms with Gasteiger partial charge in [-0.1, -0.05) is 30.3 Å². The molecule has 4 aromatic rings. The summed E-state index contributed by atoms with van der Waals surface area (Å²) in [5, 5.41) is 3.52. The van der Waals surface area contributed by atoms with Crippen molar-refractivity contribution in [2.45, 2.75) is 12.8 Å². The average molecular weight is 459 g/mol. The van der Waals surface area contributed by atoms with Gasteiger partial charge in [0.25, 0.3) is 0 Å². The highest BCUT2D eigenvalue weighted by Gasteiger charge is 2.11. The largest absolute Gasteiger partial charge is 0.493 e. The lowest BCUT2D eigenvalue weighted by Crippen LogP contribution is -2.14. The van der Waals surface area contributed by atoms with Gasteiger partial charge in [-0.2, -0.15) is 0 Å². The van der Waals surface area contributed by atoms with E-state index in [1.54, 1.807) is 56.8 Å². The number of carbonyl (C=O) groups is 1. The second-order valence-corrected chi connectivity index (χ2v) is 7.51. The van der Waals surface area contributed by atoms with Crippen molar-refractivity contribution in [2.24, 2.45) is 0 Å². The molecule has 0 fully saturated rings. The molecule has 34 heavy (non-hydrogen) atoms. The van der Waals surface area contributed by atoms with Crippen molar-refractivity contribution in [2.75, 3.05) is 26.1 Å². The Morgan fingerprint density at radius 1 is 0.882 bits per heavy atom. The third-order valence-electron chi connectivity index (χ3n) is 5.22. The molecule has 174 valence electrons. The number of carbonyl (C=O) groups excluding carboxylic acids is 1. The third kappa shape index (κ3) is 5.75. The molecule has 0 aliphatic heterocycles. The Morgan fingerprint density at radius 3 is 2.35 bits per heavy atom. The zero-order valence-corrected chi connectivity index (χ0v) is 19.1. The van der Waals surface area contributed by atoms with E-state index in [1.807, 2.05) is 24.3 Å². The van der Waals surface area contributed by atoms with Crippen molar-refractivity contribution in [3.63, 3.8) is 0 Å². The highest BCUT2D eigenvalue weighted by Crippen LogP contribution is 2.36. The van der Waals surface area contributed by atoms with Crippen LogP contribution in [0.25, 0.3) is 10.9 Å². The number of fused-ring (bicyclic) bond motifs is 1. The lowest BCUT2D eigenvalue weighted by Gasteiger charge is -2.12. The van der Waals surface area contributed by atoms with Crippen LogP contribution >= 0.6 is 0 Å². The Bertz CT molecular complexity index is 1240. The smallest absolute Gasteiger partial charge is 0.411 e. The van der Waals surface area contributed by atoms with E-state index >= 15 is 0 Å². The molecule has 3 aromatic carbocycles. The average Bonchev–Trinajstić information content (AvgIpc) is 2.88. The maximum absolute atomic E-state index is 12.1. The van der Waals surface area contributed by atoms with Crippen LogP contribution in [0.15, 0.2) is 79.0 Å². The zero-order valence-electron chi connectivity index (χ0n) is 19.1. The molecular weight excluding hydrogens is 432 g/mol. The number of benzene rings is 3. The number of pyridine rings is 1. The summed E-state index contributed by atoms with van der Waals surface area (Å²) in [7, 11) is 3.17. The lowest BCUT2D eigenvalue weighted by molar-refractivity contribution is 0.160. The Labute approximate surface area is 198 Å². The Morgan fingerprint density at radius 2 is 1.62 bits per heavy atom. The summed E-state index contributed by atoms with van der Waals surface area (Å²) in [5.41, 5.74) is 2.57. The maximum atomic E-state index is 12.1. The van der Waals surface area contributed by atoms with E-state index in [0.29, 0.717) is 35.3 Å². The second kappa shape index (κ2) is 11.0. The van der Waals surface area contributed by atoms with Crippen LogP contribution in [-0.2, 0) is 11.2 Å². The van der Waals surface area contributed by atoms with Crippen LogP contribution in [0.2, 0.25) is 0 Å². The number of anilines is 1. The number of amides is 1. The SMILES string of the molecule is COc1cc2nccc(Oc3ccc(NC(=O)OCCCc4ccccc4)cc3)c2cc1OC. The molecule has 0 bridgehead atoms. The van der Waals surface area contributed by atoms with Gasteiger partial charge in [-0.15, -0.1) is 0 Å². The van der Waals surface area contributed by atoms with Crippen LogP contribution in [0.5, 0.6) is 23.0 Å². The van der Waals surface area contributed by atoms with E-state index in [2.05, 4.69) is 22.4 Å². The Balaban J connectivity index is 1.34. The molecule has 7 heteroatoms. The summed E-state index contributed by atoms with van der Waals surface area (Å²) < 4.78 is 22.1. The summed E-state index contributed by atoms with van der Waals surface area (Å²) in [6.07, 6.45) is 2.82. The van der Waals surface area contributed by atoms with Crippen molar-refractivity contribution in [3.8, 4) is 23.0 Å². The lowest BCUT2D eigenvalue weighted by atomic mass is 10.1. The number of rotatable bonds is 9. The molecule has 0 unspecified atom stereocenters. The number of hydrogen-bond acceptors (Lipinski definition) is 6. The van der Waals surface area contributed by atoms with E-state index < -0.39 is 6.09 Å². The fourth-order valence-electron chi connectivity index (χ4n) is 3.51. The molecule has 0 saturated carbocycles. The predicted molar refractivity (Wildman–Crippen MR) is 131 cm³/mol. The first-order chi connectivity index (χ1) is 16.7. The molecule has 0 radical (unpaired) electrons. The van der Waals surface area contributed by atoms with Crippen LogP contribution in [0, 0.1) is 0 Å². The van der Waals surface area contributed by atoms with Crippen LogP contribution in [-0.4, -0.2) is 31.9 Å². The minimum Gasteiger partial charge on any atom is -0.493 e. The standard InChI is InChI=1S/C27H26N2O5/c1-31-25-17-22-23(18-26(25)32-2)28-15-14-24(22)34-21-12-10-20(11-13-21)29-27(30)33-16-6-9-19-7-4-3-5-8-19/h3-5,7-8,10-15,17-18H,6,9,16H2,1-2H3,(H,29,30). The quantitative estimate of drug-likeness (QED) is 0.300. The number of ether oxygens (including phenoxy) is 4. The number of nitrogens with one attached hydrogen (secondary N) is 1. The summed E-state index contributed by atoms with van der Waals surface area (Å²) in [6.45, 7) is 0.352. The van der Waals surface area contributed by atoms with E-state index in [9.17, 15) is 4.79 Å². The van der Waals surface area contributed by atoms with Crippen molar-refractivity contribution in [3.05, 3.63) is 84.6 Å². The zero-order chi connectivity index (χ0) is 23.8. The van der Waals surface area contributed by atoms with Gasteiger partial charge in [-0.3, -0.25) is 10.3 Å². The van der Waals surface area contributed by atoms with Crippen molar-refractivity contribution in [1.29, 1.82) is 0 Å². The molecular formula is C27H26N2O5. The number of aryl methyl sites for hydroxylation is 1. The first kappa shape index (κ1) is 22.9. The topological polar surface area (TPSA) is 78.9 Å². The number of methoxy groups -OCH3 is 2. The number of hydrogen-bond donors (Lipinski definition) is 1. The first-order valence-corrected chi connectivity index (χ1v) is 10.9. The van der Waals surface area contributed by atoms with E-state index in [0.717, 1.165) is 23.7 Å². The van der Waals surface area contributed by atoms with Crippen LogP contribution < -0.4 is 19.5 Å². The third-order valence-corrected chi connectivity index (χ3v) is 5.22. The van der Waals surface area contributed by atoms with Gasteiger partial charge in [0.1, 0.15) is 11.5 Å². The molecule has 0 atom stereocenters. The highest BCUT2D eigenvalue weighted by atomic mass is 16.5. The van der Waals surface area contributed by atoms with Gasteiger partial charge >= 0.3 is 6.09 Å². The number of aromatic nitrogens is 1. The van der Waals surface area contributed by atoms with Gasteiger partial charge in [0.2, 0.25) is 0 Å². The first-order valence-electron chi connectivity index (χ1n) is 10.9. The van der Waals surface area contributed by atoms with Gasteiger partial charge in [0.05, 0.1) is 26.3 Å². The van der Waals surface area contributed by atoms with Gasteiger partial charge in [0, 0.05) is 23.3 Å². The van der Waals surface area contributed by atoms with E-state index in [4.69, 9.17) is 18.9 Å². The molecule has 0 spiro atoms. The molecule has 1 amide bonds. The van der Waals surface area contributed by atoms with Crippen molar-refractivity contribution < 1.29 is 23.7 Å². The predicted octanol–water partition coefficient (Wildman–Crippen LogP) is 6.23. The van der Waals surface area contributed by atoms with E-state index in [-0.39, 0.29) is 0 Å². The summed E-state index contributed by atoms with van der Waals surface area (Å²) in [5.74, 6) is 2.44. The molecule has 0 aliphatic rings. The fourth-order valence-corrected chi connectivity index (χ4v) is 3.51. The summed E-state index contributed by atoms with van der Waals surface area (Å²) >= 11 is 0. The van der Waals surface area contributed by atoms with Gasteiger partial charge in [-0.05, 0) is 54.8 Å². The van der Waals surface area contributed by atoms with Crippen LogP contribution in [0.1, 0.15) is 12.0 Å². The molecule has 1 N–H and O–H groups in total. The number of nitrogens with zero attached hydrogens (tertiary/aromatic N) is 1. The molecule has 1 aromatic heterocycles.